The fraction of sp³-hybridized carbons (Fsp3) is 0.0667. The largest absolute Gasteiger partial charge is 0.465 e. The molecule has 0 aromatic heterocycles. The first-order valence-electron chi connectivity index (χ1n) is 5.78. The minimum Gasteiger partial charge on any atom is -0.465 e. The van der Waals surface area contributed by atoms with Crippen molar-refractivity contribution in [1.29, 1.82) is 0 Å². The van der Waals surface area contributed by atoms with Gasteiger partial charge in [0.15, 0.2) is 0 Å². The lowest BCUT2D eigenvalue weighted by Crippen LogP contribution is -2.04. The molecule has 102 valence electrons. The van der Waals surface area contributed by atoms with Crippen molar-refractivity contribution in [3.05, 3.63) is 63.6 Å². The second-order valence-corrected chi connectivity index (χ2v) is 4.78. The van der Waals surface area contributed by atoms with E-state index >= 15 is 0 Å². The topological polar surface area (TPSA) is 38.7 Å². The molecule has 3 nitrogen and oxygen atoms in total. The van der Waals surface area contributed by atoms with Gasteiger partial charge in [-0.2, -0.15) is 0 Å². The summed E-state index contributed by atoms with van der Waals surface area (Å²) >= 11 is 11.9. The van der Waals surface area contributed by atoms with Crippen LogP contribution in [0.15, 0.2) is 47.5 Å². The average molecular weight is 308 g/mol. The molecule has 2 aromatic carbocycles. The van der Waals surface area contributed by atoms with E-state index in [9.17, 15) is 4.79 Å². The van der Waals surface area contributed by atoms with Crippen LogP contribution in [0.5, 0.6) is 0 Å². The molecule has 0 aliphatic heterocycles. The Morgan fingerprint density at radius 3 is 2.65 bits per heavy atom. The third kappa shape index (κ3) is 3.38. The van der Waals surface area contributed by atoms with Crippen molar-refractivity contribution in [1.82, 2.24) is 0 Å². The highest BCUT2D eigenvalue weighted by atomic mass is 35.5. The van der Waals surface area contributed by atoms with Gasteiger partial charge in [-0.15, -0.1) is 0 Å². The number of hydrogen-bond acceptors (Lipinski definition) is 3. The number of ether oxygens (including phenoxy) is 1. The molecule has 2 rings (SSSR count). The van der Waals surface area contributed by atoms with Gasteiger partial charge in [0, 0.05) is 16.8 Å². The number of rotatable bonds is 3. The predicted molar refractivity (Wildman–Crippen MR) is 81.5 cm³/mol. The first-order valence-corrected chi connectivity index (χ1v) is 6.54. The summed E-state index contributed by atoms with van der Waals surface area (Å²) in [4.78, 5) is 15.9. The second-order valence-electron chi connectivity index (χ2n) is 3.93. The van der Waals surface area contributed by atoms with Gasteiger partial charge in [0.25, 0.3) is 0 Å². The lowest BCUT2D eigenvalue weighted by molar-refractivity contribution is 0.0600. The van der Waals surface area contributed by atoms with E-state index in [1.807, 2.05) is 6.07 Å². The van der Waals surface area contributed by atoms with E-state index in [-0.39, 0.29) is 0 Å². The van der Waals surface area contributed by atoms with Gasteiger partial charge >= 0.3 is 5.97 Å². The Morgan fingerprint density at radius 2 is 1.95 bits per heavy atom. The van der Waals surface area contributed by atoms with E-state index in [2.05, 4.69) is 4.99 Å². The highest BCUT2D eigenvalue weighted by Gasteiger charge is 2.09. The number of carbonyl (C=O) groups excluding carboxylic acids is 1. The van der Waals surface area contributed by atoms with Crippen molar-refractivity contribution in [3.63, 3.8) is 0 Å². The Morgan fingerprint density at radius 1 is 1.20 bits per heavy atom. The van der Waals surface area contributed by atoms with E-state index in [1.165, 1.54) is 7.11 Å². The van der Waals surface area contributed by atoms with Gasteiger partial charge in [-0.1, -0.05) is 41.4 Å². The molecule has 0 bridgehead atoms. The van der Waals surface area contributed by atoms with Crippen LogP contribution < -0.4 is 0 Å². The summed E-state index contributed by atoms with van der Waals surface area (Å²) in [5.74, 6) is -0.408. The first-order chi connectivity index (χ1) is 9.61. The number of nitrogens with zero attached hydrogens (tertiary/aromatic N) is 1. The van der Waals surface area contributed by atoms with Crippen molar-refractivity contribution in [3.8, 4) is 0 Å². The van der Waals surface area contributed by atoms with Crippen LogP contribution in [0, 0.1) is 0 Å². The van der Waals surface area contributed by atoms with Gasteiger partial charge in [0.05, 0.1) is 23.4 Å². The average Bonchev–Trinajstić information content (AvgIpc) is 2.46. The van der Waals surface area contributed by atoms with Crippen molar-refractivity contribution in [2.45, 2.75) is 0 Å². The van der Waals surface area contributed by atoms with Crippen LogP contribution >= 0.6 is 23.2 Å². The number of benzene rings is 2. The highest BCUT2D eigenvalue weighted by molar-refractivity contribution is 6.36. The molecule has 0 heterocycles. The van der Waals surface area contributed by atoms with E-state index < -0.39 is 5.97 Å². The second kappa shape index (κ2) is 6.55. The molecule has 0 atom stereocenters. The maximum absolute atomic E-state index is 11.6. The molecular weight excluding hydrogens is 297 g/mol. The zero-order valence-corrected chi connectivity index (χ0v) is 12.2. The molecule has 20 heavy (non-hydrogen) atoms. The van der Waals surface area contributed by atoms with Gasteiger partial charge in [-0.25, -0.2) is 4.79 Å². The molecule has 0 aliphatic rings. The van der Waals surface area contributed by atoms with Crippen molar-refractivity contribution < 1.29 is 9.53 Å². The standard InChI is InChI=1S/C15H11Cl2NO2/c1-20-15(19)12-5-3-2-4-10(12)9-18-14-7-6-11(16)8-13(14)17/h2-9H,1H3/b18-9-. The van der Waals surface area contributed by atoms with Gasteiger partial charge in [-0.05, 0) is 24.3 Å². The molecular formula is C15H11Cl2NO2. The maximum Gasteiger partial charge on any atom is 0.338 e. The van der Waals surface area contributed by atoms with Crippen LogP contribution in [0.3, 0.4) is 0 Å². The minimum absolute atomic E-state index is 0.408. The number of methoxy groups -OCH3 is 1. The van der Waals surface area contributed by atoms with Gasteiger partial charge < -0.3 is 4.74 Å². The maximum atomic E-state index is 11.6. The van der Waals surface area contributed by atoms with Gasteiger partial charge in [0.2, 0.25) is 0 Å². The number of esters is 1. The summed E-state index contributed by atoms with van der Waals surface area (Å²) in [6.07, 6.45) is 1.57. The zero-order chi connectivity index (χ0) is 14.5. The van der Waals surface area contributed by atoms with Crippen LogP contribution in [0.1, 0.15) is 15.9 Å². The van der Waals surface area contributed by atoms with E-state index in [1.54, 1.807) is 42.6 Å². The van der Waals surface area contributed by atoms with E-state index in [0.29, 0.717) is 26.9 Å². The molecule has 0 aliphatic carbocycles. The summed E-state index contributed by atoms with van der Waals surface area (Å²) < 4.78 is 4.72. The summed E-state index contributed by atoms with van der Waals surface area (Å²) in [6, 6.07) is 12.1. The van der Waals surface area contributed by atoms with Crippen LogP contribution in [-0.2, 0) is 4.74 Å². The highest BCUT2D eigenvalue weighted by Crippen LogP contribution is 2.27. The molecule has 0 fully saturated rings. The molecule has 0 spiro atoms. The Hall–Kier alpha value is -1.84. The number of carbonyl (C=O) groups is 1. The molecule has 0 saturated carbocycles. The molecule has 5 heteroatoms. The lowest BCUT2D eigenvalue weighted by Gasteiger charge is -2.03. The molecule has 2 aromatic rings. The zero-order valence-electron chi connectivity index (χ0n) is 10.6. The Balaban J connectivity index is 2.34. The third-order valence-corrected chi connectivity index (χ3v) is 3.16. The quantitative estimate of drug-likeness (QED) is 0.617. The molecule has 0 N–H and O–H groups in total. The normalized spacial score (nSPS) is 10.8. The lowest BCUT2D eigenvalue weighted by atomic mass is 10.1. The SMILES string of the molecule is COC(=O)c1ccccc1/C=N\c1ccc(Cl)cc1Cl. The Bertz CT molecular complexity index is 669. The van der Waals surface area contributed by atoms with E-state index in [0.717, 1.165) is 0 Å². The Kier molecular flexibility index (Phi) is 4.77. The van der Waals surface area contributed by atoms with Crippen molar-refractivity contribution in [2.24, 2.45) is 4.99 Å². The van der Waals surface area contributed by atoms with Gasteiger partial charge in [-0.3, -0.25) is 4.99 Å². The minimum atomic E-state index is -0.408. The fourth-order valence-corrected chi connectivity index (χ4v) is 2.09. The number of aliphatic imine (C=N–C) groups is 1. The summed E-state index contributed by atoms with van der Waals surface area (Å²) in [5, 5.41) is 0.994. The van der Waals surface area contributed by atoms with Crippen LogP contribution in [0.2, 0.25) is 10.0 Å². The molecule has 0 radical (unpaired) electrons. The van der Waals surface area contributed by atoms with Crippen LogP contribution in [-0.4, -0.2) is 19.3 Å². The van der Waals surface area contributed by atoms with Gasteiger partial charge in [0.1, 0.15) is 0 Å². The smallest absolute Gasteiger partial charge is 0.338 e. The monoisotopic (exact) mass is 307 g/mol. The molecule has 0 amide bonds. The Labute approximate surface area is 126 Å². The summed E-state index contributed by atoms with van der Waals surface area (Å²) in [6.45, 7) is 0. The summed E-state index contributed by atoms with van der Waals surface area (Å²) in [7, 11) is 1.34. The number of hydrogen-bond donors (Lipinski definition) is 0. The van der Waals surface area contributed by atoms with Crippen LogP contribution in [0.25, 0.3) is 0 Å². The summed E-state index contributed by atoms with van der Waals surface area (Å²) in [5.41, 5.74) is 1.69. The van der Waals surface area contributed by atoms with E-state index in [4.69, 9.17) is 27.9 Å². The molecule has 0 saturated heterocycles. The third-order valence-electron chi connectivity index (χ3n) is 2.62. The van der Waals surface area contributed by atoms with Crippen molar-refractivity contribution in [2.75, 3.05) is 7.11 Å². The van der Waals surface area contributed by atoms with Crippen molar-refractivity contribution >= 4 is 41.1 Å². The fourth-order valence-electron chi connectivity index (χ4n) is 1.63. The number of halogens is 2. The first kappa shape index (κ1) is 14.6. The predicted octanol–water partition coefficient (Wildman–Crippen LogP) is 4.53. The molecule has 0 unspecified atom stereocenters. The van der Waals surface area contributed by atoms with Crippen LogP contribution in [0.4, 0.5) is 5.69 Å².